The molecule has 0 aliphatic carbocycles. The van der Waals surface area contributed by atoms with Gasteiger partial charge in [0.15, 0.2) is 17.9 Å². The summed E-state index contributed by atoms with van der Waals surface area (Å²) >= 11 is 0. The highest BCUT2D eigenvalue weighted by atomic mass is 31.0. The van der Waals surface area contributed by atoms with Crippen LogP contribution in [0.1, 0.15) is 80.4 Å². The van der Waals surface area contributed by atoms with Crippen LogP contribution in [0.25, 0.3) is 43.9 Å². The summed E-state index contributed by atoms with van der Waals surface area (Å²) in [4.78, 5) is 31.8. The van der Waals surface area contributed by atoms with Crippen molar-refractivity contribution in [1.82, 2.24) is 34.0 Å². The molecular formula is C60H83N10O12P. The summed E-state index contributed by atoms with van der Waals surface area (Å²) in [6, 6.07) is 32.4. The molecule has 8 unspecified atom stereocenters. The normalized spacial score (nSPS) is 18.4. The lowest BCUT2D eigenvalue weighted by Gasteiger charge is -2.37. The predicted octanol–water partition coefficient (Wildman–Crippen LogP) is 2.67. The second-order valence-corrected chi connectivity index (χ2v) is 21.3. The van der Waals surface area contributed by atoms with E-state index in [9.17, 15) is 25.2 Å². The smallest absolute Gasteiger partial charge is 0.184 e. The van der Waals surface area contributed by atoms with E-state index in [0.717, 1.165) is 112 Å². The van der Waals surface area contributed by atoms with E-state index in [4.69, 9.17) is 57.8 Å². The number of aromatic nitrogens is 6. The van der Waals surface area contributed by atoms with Crippen molar-refractivity contribution in [3.05, 3.63) is 131 Å². The molecule has 0 radical (unpaired) electrons. The van der Waals surface area contributed by atoms with Crippen LogP contribution < -0.4 is 17.2 Å². The molecule has 450 valence electrons. The number of hydrogen-bond donors (Lipinski definition) is 13. The number of benzene rings is 4. The highest BCUT2D eigenvalue weighted by Crippen LogP contribution is 2.32. The number of aldehydes is 1. The summed E-state index contributed by atoms with van der Waals surface area (Å²) in [5, 5.41) is 95.7. The zero-order valence-electron chi connectivity index (χ0n) is 47.3. The van der Waals surface area contributed by atoms with Crippen LogP contribution in [0.15, 0.2) is 97.1 Å². The quantitative estimate of drug-likeness (QED) is 0.0343. The molecule has 16 N–H and O–H groups in total. The van der Waals surface area contributed by atoms with Gasteiger partial charge in [-0.25, -0.2) is 19.9 Å². The summed E-state index contributed by atoms with van der Waals surface area (Å²) < 4.78 is 9.10. The molecule has 9 rings (SSSR count). The summed E-state index contributed by atoms with van der Waals surface area (Å²) in [6.07, 6.45) is -5.63. The Hall–Kier alpha value is -6.18. The number of nitrogen functional groups attached to an aromatic ring is 2. The van der Waals surface area contributed by atoms with Crippen molar-refractivity contribution in [1.29, 1.82) is 0 Å². The molecular weight excluding hydrogens is 1080 g/mol. The van der Waals surface area contributed by atoms with E-state index in [1.165, 1.54) is 11.7 Å². The van der Waals surface area contributed by atoms with E-state index in [2.05, 4.69) is 84.2 Å². The van der Waals surface area contributed by atoms with Crippen molar-refractivity contribution < 1.29 is 60.6 Å². The van der Waals surface area contributed by atoms with Gasteiger partial charge in [-0.15, -0.1) is 9.24 Å². The highest BCUT2D eigenvalue weighted by molar-refractivity contribution is 7.16. The molecule has 0 saturated carbocycles. The van der Waals surface area contributed by atoms with E-state index < -0.39 is 68.3 Å². The molecule has 83 heavy (non-hydrogen) atoms. The fraction of sp³-hybridized carbons (Fsp3) is 0.450. The molecule has 8 aromatic rings. The van der Waals surface area contributed by atoms with Crippen LogP contribution in [0, 0.1) is 0 Å². The van der Waals surface area contributed by atoms with Crippen LogP contribution in [0.3, 0.4) is 0 Å². The maximum atomic E-state index is 11.3. The summed E-state index contributed by atoms with van der Waals surface area (Å²) in [5.74, 6) is 2.93. The van der Waals surface area contributed by atoms with Gasteiger partial charge in [0, 0.05) is 56.3 Å². The topological polar surface area (TPSA) is 371 Å². The Balaban J connectivity index is 0.000000223. The summed E-state index contributed by atoms with van der Waals surface area (Å²) in [7, 11) is 2.58. The third-order valence-corrected chi connectivity index (χ3v) is 14.2. The van der Waals surface area contributed by atoms with Gasteiger partial charge in [0.05, 0.1) is 47.9 Å². The van der Waals surface area contributed by atoms with E-state index >= 15 is 0 Å². The van der Waals surface area contributed by atoms with Gasteiger partial charge in [0.1, 0.15) is 71.7 Å². The predicted molar refractivity (Wildman–Crippen MR) is 324 cm³/mol. The van der Waals surface area contributed by atoms with Crippen LogP contribution in [0.5, 0.6) is 0 Å². The lowest BCUT2D eigenvalue weighted by Crippen LogP contribution is -2.58. The minimum atomic E-state index is -1.72. The van der Waals surface area contributed by atoms with Crippen LogP contribution in [0.4, 0.5) is 11.6 Å². The number of aliphatic hydroxyl groups excluding tert-OH is 10. The van der Waals surface area contributed by atoms with Crippen molar-refractivity contribution in [2.75, 3.05) is 43.9 Å². The number of anilines is 2. The number of aryl methyl sites for hydroxylation is 2. The lowest BCUT2D eigenvalue weighted by atomic mass is 10.00. The number of fused-ring (bicyclic) bond motifs is 6. The number of imidazole rings is 2. The monoisotopic (exact) mass is 1170 g/mol. The molecule has 4 aromatic heterocycles. The van der Waals surface area contributed by atoms with Gasteiger partial charge in [0.25, 0.3) is 0 Å². The van der Waals surface area contributed by atoms with Gasteiger partial charge in [0.2, 0.25) is 0 Å². The lowest BCUT2D eigenvalue weighted by molar-refractivity contribution is -0.286. The van der Waals surface area contributed by atoms with E-state index in [1.54, 1.807) is 4.90 Å². The Morgan fingerprint density at radius 3 is 1.52 bits per heavy atom. The summed E-state index contributed by atoms with van der Waals surface area (Å²) in [5.41, 5.74) is 27.9. The number of para-hydroxylation sites is 2. The molecule has 0 spiro atoms. The first kappa shape index (κ1) is 66.0. The van der Waals surface area contributed by atoms with Gasteiger partial charge >= 0.3 is 0 Å². The number of unbranched alkanes of at least 4 members (excludes halogenated alkanes) is 2. The van der Waals surface area contributed by atoms with Crippen LogP contribution in [-0.4, -0.2) is 179 Å². The molecule has 5 heterocycles. The second-order valence-electron chi connectivity index (χ2n) is 20.5. The number of ether oxygens (including phenoxy) is 1. The molecule has 23 heteroatoms. The molecule has 4 aromatic carbocycles. The Morgan fingerprint density at radius 2 is 1.08 bits per heavy atom. The molecule has 1 fully saturated rings. The van der Waals surface area contributed by atoms with Crippen molar-refractivity contribution >= 4 is 71.0 Å². The van der Waals surface area contributed by atoms with Crippen molar-refractivity contribution in [3.8, 4) is 0 Å². The molecule has 1 aliphatic heterocycles. The summed E-state index contributed by atoms with van der Waals surface area (Å²) in [6.45, 7) is 7.22. The number of carbonyl (C=O) groups excluding carboxylic acids is 1. The maximum Gasteiger partial charge on any atom is 0.184 e. The van der Waals surface area contributed by atoms with Crippen LogP contribution in [-0.2, 0) is 48.6 Å². The van der Waals surface area contributed by atoms with Gasteiger partial charge < -0.3 is 86.9 Å². The minimum absolute atomic E-state index is 0.00543. The molecule has 1 aliphatic rings. The van der Waals surface area contributed by atoms with Crippen LogP contribution >= 0.6 is 9.24 Å². The highest BCUT2D eigenvalue weighted by Gasteiger charge is 2.42. The maximum absolute atomic E-state index is 11.3. The first-order chi connectivity index (χ1) is 40.0. The fourth-order valence-electron chi connectivity index (χ4n) is 9.68. The van der Waals surface area contributed by atoms with E-state index in [0.29, 0.717) is 43.1 Å². The van der Waals surface area contributed by atoms with Crippen molar-refractivity contribution in [2.24, 2.45) is 5.73 Å². The van der Waals surface area contributed by atoms with Gasteiger partial charge in [-0.05, 0) is 53.4 Å². The largest absolute Gasteiger partial charge is 0.394 e. The van der Waals surface area contributed by atoms with E-state index in [-0.39, 0.29) is 13.1 Å². The van der Waals surface area contributed by atoms with Gasteiger partial charge in [-0.2, -0.15) is 0 Å². The van der Waals surface area contributed by atoms with Crippen LogP contribution in [0.2, 0.25) is 0 Å². The average Bonchev–Trinajstić information content (AvgIpc) is 3.99. The molecule has 22 nitrogen and oxygen atoms in total. The Bertz CT molecular complexity index is 3270. The first-order valence-electron chi connectivity index (χ1n) is 28.1. The standard InChI is InChI=1S/C30H39N5O6.C22H25N5.C6H12O6.C2H7P/c1-2-3-8-25-33-26-27(21-6-4-5-7-22(21)32-30(26)31)35(25)16-20-11-9-19(10-12-20)15-34(13-14-36)17-23(38)28(40)29(41)24(39)18-37;1-2-3-8-19-26-20-21(17-6-4-5-7-18(17)25-22(20)24)27(19)14-16-11-9-15(13-23)10-12-16;7-1-2-3(8)4(9)5(10)6(11)12-2;1-2-3/h4-7,9-12,14,23-24,28-29,37-41H,2-3,8,13,15-18H2,1H3,(H2,31,32);4-7,9-12H,2-3,8,13-14,23H2,1H3,(H2,24,25);2-11H,1H2;2-3H2,1H3/t23?,24?,28-,29+;;;/m0.../s1. The zero-order chi connectivity index (χ0) is 60.3. The zero-order valence-corrected chi connectivity index (χ0v) is 48.5. The average molecular weight is 1170 g/mol. The third kappa shape index (κ3) is 16.8. The second kappa shape index (κ2) is 32.2. The first-order valence-corrected chi connectivity index (χ1v) is 28.9. The number of nitrogens with zero attached hydrogens (tertiary/aromatic N) is 7. The number of carbonyl (C=O) groups is 1. The molecule has 10 atom stereocenters. The molecule has 0 amide bonds. The Morgan fingerprint density at radius 1 is 0.639 bits per heavy atom. The Kier molecular flexibility index (Phi) is 25.6. The third-order valence-electron chi connectivity index (χ3n) is 14.2. The number of hydrogen-bond acceptors (Lipinski definition) is 20. The van der Waals surface area contributed by atoms with Crippen molar-refractivity contribution in [3.63, 3.8) is 0 Å². The van der Waals surface area contributed by atoms with Gasteiger partial charge in [-0.3, -0.25) is 4.90 Å². The molecule has 1 saturated heterocycles. The number of pyridine rings is 2. The number of nitrogens with two attached hydrogens (primary N) is 3. The van der Waals surface area contributed by atoms with Crippen molar-refractivity contribution in [2.45, 2.75) is 141 Å². The number of aliphatic hydroxyl groups is 10. The fourth-order valence-corrected chi connectivity index (χ4v) is 9.68. The van der Waals surface area contributed by atoms with E-state index in [1.807, 2.05) is 66.7 Å². The van der Waals surface area contributed by atoms with Gasteiger partial charge in [-0.1, -0.05) is 119 Å². The SMILES string of the molecule is CCCCc1nc2c(N)nc3ccccc3c2n1Cc1ccc(CN(CC=O)CC(O)[C@H](O)[C@H](O)C(O)CO)cc1.CCCCc1nc2c(N)nc3ccccc3c2n1Cc1ccc(CN)cc1.CCP.OCC1OC(O)C(O)C(O)C1O. The molecule has 0 bridgehead atoms. The Labute approximate surface area is 485 Å². The number of rotatable bonds is 22. The minimum Gasteiger partial charge on any atom is -0.394 e.